The summed E-state index contributed by atoms with van der Waals surface area (Å²) in [6.45, 7) is 13.4. The maximum atomic E-state index is 11.7. The largest absolute Gasteiger partial charge is 0.490 e. The molecular formula is C29H38N8O2. The Morgan fingerprint density at radius 2 is 1.97 bits per heavy atom. The molecule has 0 bridgehead atoms. The van der Waals surface area contributed by atoms with Crippen LogP contribution in [0.1, 0.15) is 70.6 Å². The second-order valence-corrected chi connectivity index (χ2v) is 9.86. The van der Waals surface area contributed by atoms with Crippen LogP contribution in [0.15, 0.2) is 42.9 Å². The van der Waals surface area contributed by atoms with E-state index in [0.717, 1.165) is 29.8 Å². The number of ether oxygens (including phenoxy) is 1. The van der Waals surface area contributed by atoms with Crippen LogP contribution in [0.4, 0.5) is 0 Å². The zero-order valence-electron chi connectivity index (χ0n) is 23.7. The average molecular weight is 531 g/mol. The molecule has 0 spiro atoms. The molecule has 1 fully saturated rings. The van der Waals surface area contributed by atoms with E-state index in [2.05, 4.69) is 26.3 Å². The first-order valence-electron chi connectivity index (χ1n) is 13.3. The third-order valence-corrected chi connectivity index (χ3v) is 6.80. The molecule has 2 N–H and O–H groups in total. The normalized spacial score (nSPS) is 14.3. The van der Waals surface area contributed by atoms with Crippen LogP contribution in [0.2, 0.25) is 0 Å². The van der Waals surface area contributed by atoms with Crippen LogP contribution in [-0.2, 0) is 10.2 Å². The summed E-state index contributed by atoms with van der Waals surface area (Å²) in [5, 5.41) is 18.5. The number of rotatable bonds is 7. The van der Waals surface area contributed by atoms with Gasteiger partial charge in [-0.1, -0.05) is 39.0 Å². The number of carbonyl (C=O) groups is 1. The van der Waals surface area contributed by atoms with Gasteiger partial charge in [-0.15, -0.1) is 5.10 Å². The van der Waals surface area contributed by atoms with Crippen molar-refractivity contribution in [3.8, 4) is 23.1 Å². The maximum Gasteiger partial charge on any atom is 0.219 e. The third-order valence-electron chi connectivity index (χ3n) is 6.80. The minimum atomic E-state index is -0.387. The van der Waals surface area contributed by atoms with E-state index in [4.69, 9.17) is 10.5 Å². The van der Waals surface area contributed by atoms with E-state index in [1.165, 1.54) is 6.20 Å². The number of nitrogens with two attached hydrogens (primary N) is 1. The van der Waals surface area contributed by atoms with Crippen LogP contribution < -0.4 is 10.5 Å². The van der Waals surface area contributed by atoms with Crippen LogP contribution in [0.5, 0.6) is 5.75 Å². The van der Waals surface area contributed by atoms with Gasteiger partial charge in [-0.3, -0.25) is 14.8 Å². The fraction of sp³-hybridized carbons (Fsp3) is 0.448. The molecule has 1 aliphatic heterocycles. The van der Waals surface area contributed by atoms with Crippen molar-refractivity contribution < 1.29 is 9.53 Å². The number of carbonyl (C=O) groups excluding carboxylic acids is 1. The summed E-state index contributed by atoms with van der Waals surface area (Å²) in [7, 11) is 0. The predicted molar refractivity (Wildman–Crippen MR) is 150 cm³/mol. The molecule has 206 valence electrons. The Morgan fingerprint density at radius 1 is 1.26 bits per heavy atom. The molecule has 39 heavy (non-hydrogen) atoms. The van der Waals surface area contributed by atoms with Crippen LogP contribution >= 0.6 is 0 Å². The Bertz CT molecular complexity index is 1330. The SMILES string of the molecule is CC.CC(=O)N1CCC(n2nnc(-c3cnc(/C(C#N)=C\N)c(OCC(C)(C)c4ccccn4)c3)c2C)CC1. The van der Waals surface area contributed by atoms with Gasteiger partial charge in [0.25, 0.3) is 0 Å². The van der Waals surface area contributed by atoms with Gasteiger partial charge in [0.15, 0.2) is 0 Å². The molecule has 0 unspecified atom stereocenters. The number of aromatic nitrogens is 5. The summed E-state index contributed by atoms with van der Waals surface area (Å²) >= 11 is 0. The van der Waals surface area contributed by atoms with Crippen LogP contribution in [0.3, 0.4) is 0 Å². The first-order valence-corrected chi connectivity index (χ1v) is 13.3. The van der Waals surface area contributed by atoms with Gasteiger partial charge in [-0.25, -0.2) is 4.68 Å². The number of nitriles is 1. The lowest BCUT2D eigenvalue weighted by Crippen LogP contribution is -2.38. The van der Waals surface area contributed by atoms with Crippen molar-refractivity contribution in [3.05, 3.63) is 59.9 Å². The van der Waals surface area contributed by atoms with Crippen molar-refractivity contribution in [2.45, 2.75) is 65.8 Å². The molecule has 4 rings (SSSR count). The summed E-state index contributed by atoms with van der Waals surface area (Å²) in [4.78, 5) is 22.5. The fourth-order valence-corrected chi connectivity index (χ4v) is 4.53. The summed E-state index contributed by atoms with van der Waals surface area (Å²) in [6, 6.07) is 9.87. The van der Waals surface area contributed by atoms with Gasteiger partial charge in [-0.05, 0) is 38.0 Å². The number of hydrogen-bond acceptors (Lipinski definition) is 8. The molecule has 10 nitrogen and oxygen atoms in total. The number of likely N-dealkylation sites (tertiary alicyclic amines) is 1. The quantitative estimate of drug-likeness (QED) is 0.443. The molecule has 0 radical (unpaired) electrons. The average Bonchev–Trinajstić information content (AvgIpc) is 3.35. The molecule has 1 saturated heterocycles. The number of allylic oxidation sites excluding steroid dienone is 1. The van der Waals surface area contributed by atoms with Gasteiger partial charge in [0.05, 0.1) is 23.9 Å². The highest BCUT2D eigenvalue weighted by Crippen LogP contribution is 2.33. The van der Waals surface area contributed by atoms with Gasteiger partial charge in [0.1, 0.15) is 23.2 Å². The molecule has 0 aliphatic carbocycles. The topological polar surface area (TPSA) is 136 Å². The van der Waals surface area contributed by atoms with E-state index >= 15 is 0 Å². The number of amides is 1. The van der Waals surface area contributed by atoms with E-state index in [1.54, 1.807) is 19.3 Å². The van der Waals surface area contributed by atoms with Crippen LogP contribution in [0.25, 0.3) is 16.8 Å². The smallest absolute Gasteiger partial charge is 0.219 e. The number of nitrogens with zero attached hydrogens (tertiary/aromatic N) is 7. The number of hydrogen-bond donors (Lipinski definition) is 1. The second kappa shape index (κ2) is 13.0. The monoisotopic (exact) mass is 530 g/mol. The molecule has 3 aromatic heterocycles. The number of pyridine rings is 2. The molecule has 3 aromatic rings. The van der Waals surface area contributed by atoms with Crippen LogP contribution in [0, 0.1) is 18.3 Å². The first-order chi connectivity index (χ1) is 18.7. The summed E-state index contributed by atoms with van der Waals surface area (Å²) in [5.74, 6) is 0.533. The van der Waals surface area contributed by atoms with E-state index in [1.807, 2.05) is 68.5 Å². The number of piperidine rings is 1. The highest BCUT2D eigenvalue weighted by atomic mass is 16.5. The molecule has 10 heteroatoms. The summed E-state index contributed by atoms with van der Waals surface area (Å²) < 4.78 is 8.19. The molecule has 0 saturated carbocycles. The van der Waals surface area contributed by atoms with E-state index in [9.17, 15) is 10.1 Å². The predicted octanol–water partition coefficient (Wildman–Crippen LogP) is 4.43. The van der Waals surface area contributed by atoms with Crippen molar-refractivity contribution in [1.82, 2.24) is 29.9 Å². The summed E-state index contributed by atoms with van der Waals surface area (Å²) in [5.41, 5.74) is 9.13. The Labute approximate surface area is 230 Å². The van der Waals surface area contributed by atoms with Gasteiger partial charge >= 0.3 is 0 Å². The molecule has 0 atom stereocenters. The van der Waals surface area contributed by atoms with Gasteiger partial charge < -0.3 is 15.4 Å². The zero-order valence-corrected chi connectivity index (χ0v) is 23.7. The first kappa shape index (κ1) is 29.3. The molecule has 4 heterocycles. The van der Waals surface area contributed by atoms with Gasteiger partial charge in [0, 0.05) is 55.3 Å². The lowest BCUT2D eigenvalue weighted by Gasteiger charge is -2.31. The van der Waals surface area contributed by atoms with E-state index in [-0.39, 0.29) is 22.9 Å². The third kappa shape index (κ3) is 6.60. The van der Waals surface area contributed by atoms with Crippen molar-refractivity contribution in [1.29, 1.82) is 5.26 Å². The highest BCUT2D eigenvalue weighted by molar-refractivity contribution is 5.79. The maximum absolute atomic E-state index is 11.7. The standard InChI is InChI=1S/C27H32N8O2.C2H6/c1-18-25(32-33-35(18)22-8-11-34(12-9-22)19(2)36)20-13-23(26(31-16-20)21(14-28)15-29)37-17-27(3,4)24-7-5-6-10-30-24;1-2/h5-7,10,13-14,16,22H,8-9,11-12,17,28H2,1-4H3;1-2H3/b21-14-;. The fourth-order valence-electron chi connectivity index (χ4n) is 4.53. The van der Waals surface area contributed by atoms with E-state index < -0.39 is 0 Å². The Kier molecular flexibility index (Phi) is 9.77. The van der Waals surface area contributed by atoms with Crippen LogP contribution in [-0.4, -0.2) is 55.5 Å². The Morgan fingerprint density at radius 3 is 2.56 bits per heavy atom. The van der Waals surface area contributed by atoms with E-state index in [0.29, 0.717) is 36.8 Å². The van der Waals surface area contributed by atoms with Crippen molar-refractivity contribution in [2.75, 3.05) is 19.7 Å². The summed E-state index contributed by atoms with van der Waals surface area (Å²) in [6.07, 6.45) is 6.29. The Balaban J connectivity index is 0.00000205. The van der Waals surface area contributed by atoms with Crippen molar-refractivity contribution in [2.24, 2.45) is 5.73 Å². The molecule has 1 aliphatic rings. The minimum absolute atomic E-state index is 0.0997. The highest BCUT2D eigenvalue weighted by Gasteiger charge is 2.27. The van der Waals surface area contributed by atoms with Crippen molar-refractivity contribution in [3.63, 3.8) is 0 Å². The second-order valence-electron chi connectivity index (χ2n) is 9.86. The van der Waals surface area contributed by atoms with Gasteiger partial charge in [-0.2, -0.15) is 5.26 Å². The minimum Gasteiger partial charge on any atom is -0.490 e. The molecule has 0 aromatic carbocycles. The molecule has 1 amide bonds. The lowest BCUT2D eigenvalue weighted by atomic mass is 9.90. The molecular weight excluding hydrogens is 492 g/mol. The lowest BCUT2D eigenvalue weighted by molar-refractivity contribution is -0.130. The van der Waals surface area contributed by atoms with Gasteiger partial charge in [0.2, 0.25) is 5.91 Å². The van der Waals surface area contributed by atoms with Crippen molar-refractivity contribution >= 4 is 11.5 Å². The zero-order chi connectivity index (χ0) is 28.6. The Hall–Kier alpha value is -4.26.